The Morgan fingerprint density at radius 1 is 1.17 bits per heavy atom. The summed E-state index contributed by atoms with van der Waals surface area (Å²) in [6.45, 7) is 10.3. The Morgan fingerprint density at radius 3 is 2.46 bits per heavy atom. The molecule has 24 heavy (non-hydrogen) atoms. The molecule has 0 unspecified atom stereocenters. The minimum Gasteiger partial charge on any atom is -0.352 e. The summed E-state index contributed by atoms with van der Waals surface area (Å²) in [6.07, 6.45) is 0. The van der Waals surface area contributed by atoms with Crippen molar-refractivity contribution < 1.29 is 9.59 Å². The minimum atomic E-state index is -0.194. The van der Waals surface area contributed by atoms with Crippen LogP contribution in [0.2, 0.25) is 0 Å². The molecule has 0 radical (unpaired) electrons. The standard InChI is InChI=1S/C18H23N3O2S/c1-10(2)9-19-17(22)14-7-6-11(3)15(8-14)21-18(23)16-12(4)20-13(5)24-16/h6-8,10H,9H2,1-5H3,(H,19,22)(H,21,23). The summed E-state index contributed by atoms with van der Waals surface area (Å²) in [5, 5.41) is 6.63. The highest BCUT2D eigenvalue weighted by molar-refractivity contribution is 7.13. The van der Waals surface area contributed by atoms with E-state index < -0.39 is 0 Å². The van der Waals surface area contributed by atoms with Crippen LogP contribution in [0.25, 0.3) is 0 Å². The van der Waals surface area contributed by atoms with Crippen molar-refractivity contribution in [2.45, 2.75) is 34.6 Å². The van der Waals surface area contributed by atoms with E-state index >= 15 is 0 Å². The molecule has 2 amide bonds. The molecule has 5 nitrogen and oxygen atoms in total. The number of aromatic nitrogens is 1. The van der Waals surface area contributed by atoms with Crippen molar-refractivity contribution in [1.82, 2.24) is 10.3 Å². The second-order valence-corrected chi connectivity index (χ2v) is 7.44. The lowest BCUT2D eigenvalue weighted by Crippen LogP contribution is -2.27. The van der Waals surface area contributed by atoms with Crippen molar-refractivity contribution in [1.29, 1.82) is 0 Å². The SMILES string of the molecule is Cc1nc(C)c(C(=O)Nc2cc(C(=O)NCC(C)C)ccc2C)s1. The van der Waals surface area contributed by atoms with Crippen LogP contribution in [0.4, 0.5) is 5.69 Å². The van der Waals surface area contributed by atoms with Crippen LogP contribution in [-0.2, 0) is 0 Å². The van der Waals surface area contributed by atoms with Crippen molar-refractivity contribution in [3.63, 3.8) is 0 Å². The molecule has 2 aromatic rings. The van der Waals surface area contributed by atoms with Gasteiger partial charge in [-0.3, -0.25) is 9.59 Å². The number of aryl methyl sites for hydroxylation is 3. The van der Waals surface area contributed by atoms with Crippen LogP contribution in [0.3, 0.4) is 0 Å². The molecule has 0 aliphatic rings. The van der Waals surface area contributed by atoms with Gasteiger partial charge in [0.15, 0.2) is 0 Å². The average Bonchev–Trinajstić information content (AvgIpc) is 2.85. The lowest BCUT2D eigenvalue weighted by Gasteiger charge is -2.11. The van der Waals surface area contributed by atoms with Gasteiger partial charge in [0.1, 0.15) is 4.88 Å². The monoisotopic (exact) mass is 345 g/mol. The highest BCUT2D eigenvalue weighted by atomic mass is 32.1. The predicted octanol–water partition coefficient (Wildman–Crippen LogP) is 3.71. The normalized spacial score (nSPS) is 10.8. The number of amides is 2. The fourth-order valence-electron chi connectivity index (χ4n) is 2.22. The van der Waals surface area contributed by atoms with E-state index in [-0.39, 0.29) is 11.8 Å². The zero-order valence-corrected chi connectivity index (χ0v) is 15.5. The summed E-state index contributed by atoms with van der Waals surface area (Å²) >= 11 is 1.37. The van der Waals surface area contributed by atoms with Crippen LogP contribution in [0.1, 0.15) is 50.1 Å². The minimum absolute atomic E-state index is 0.135. The molecule has 6 heteroatoms. The molecule has 0 spiro atoms. The first kappa shape index (κ1) is 18.1. The number of carbonyl (C=O) groups is 2. The van der Waals surface area contributed by atoms with E-state index in [4.69, 9.17) is 0 Å². The second kappa shape index (κ2) is 7.57. The fraction of sp³-hybridized carbons (Fsp3) is 0.389. The Kier molecular flexibility index (Phi) is 5.72. The summed E-state index contributed by atoms with van der Waals surface area (Å²) in [6, 6.07) is 5.32. The van der Waals surface area contributed by atoms with Gasteiger partial charge in [-0.25, -0.2) is 4.98 Å². The fourth-order valence-corrected chi connectivity index (χ4v) is 3.03. The third-order valence-electron chi connectivity index (χ3n) is 3.53. The van der Waals surface area contributed by atoms with E-state index in [1.54, 1.807) is 12.1 Å². The zero-order chi connectivity index (χ0) is 17.9. The van der Waals surface area contributed by atoms with Crippen LogP contribution < -0.4 is 10.6 Å². The summed E-state index contributed by atoms with van der Waals surface area (Å²) in [5.41, 5.74) is 2.80. The van der Waals surface area contributed by atoms with E-state index in [0.717, 1.165) is 16.3 Å². The Bertz CT molecular complexity index is 766. The van der Waals surface area contributed by atoms with E-state index in [9.17, 15) is 9.59 Å². The number of carbonyl (C=O) groups excluding carboxylic acids is 2. The zero-order valence-electron chi connectivity index (χ0n) is 14.7. The van der Waals surface area contributed by atoms with E-state index in [1.165, 1.54) is 11.3 Å². The molecule has 0 saturated carbocycles. The van der Waals surface area contributed by atoms with Crippen LogP contribution in [0.5, 0.6) is 0 Å². The van der Waals surface area contributed by atoms with Gasteiger partial charge >= 0.3 is 0 Å². The number of nitrogens with zero attached hydrogens (tertiary/aromatic N) is 1. The molecule has 0 bridgehead atoms. The molecule has 1 aromatic carbocycles. The van der Waals surface area contributed by atoms with E-state index in [1.807, 2.05) is 40.7 Å². The van der Waals surface area contributed by atoms with E-state index in [0.29, 0.717) is 28.6 Å². The Morgan fingerprint density at radius 2 is 1.88 bits per heavy atom. The van der Waals surface area contributed by atoms with Gasteiger partial charge in [-0.05, 0) is 44.4 Å². The van der Waals surface area contributed by atoms with Crippen LogP contribution in [0.15, 0.2) is 18.2 Å². The smallest absolute Gasteiger partial charge is 0.267 e. The molecule has 0 aliphatic carbocycles. The van der Waals surface area contributed by atoms with Gasteiger partial charge < -0.3 is 10.6 Å². The molecule has 2 N–H and O–H groups in total. The van der Waals surface area contributed by atoms with Crippen molar-refractivity contribution in [3.8, 4) is 0 Å². The van der Waals surface area contributed by atoms with Gasteiger partial charge in [-0.15, -0.1) is 11.3 Å². The second-order valence-electron chi connectivity index (χ2n) is 6.24. The molecule has 0 fully saturated rings. The van der Waals surface area contributed by atoms with Gasteiger partial charge in [-0.2, -0.15) is 0 Å². The number of thiazole rings is 1. The molecule has 128 valence electrons. The topological polar surface area (TPSA) is 71.1 Å². The third kappa shape index (κ3) is 4.41. The summed E-state index contributed by atoms with van der Waals surface area (Å²) in [7, 11) is 0. The largest absolute Gasteiger partial charge is 0.352 e. The maximum atomic E-state index is 12.5. The highest BCUT2D eigenvalue weighted by Crippen LogP contribution is 2.22. The number of benzene rings is 1. The quantitative estimate of drug-likeness (QED) is 0.868. The Hall–Kier alpha value is -2.21. The van der Waals surface area contributed by atoms with Crippen LogP contribution in [0, 0.1) is 26.7 Å². The third-order valence-corrected chi connectivity index (χ3v) is 4.60. The van der Waals surface area contributed by atoms with Crippen molar-refractivity contribution in [2.75, 3.05) is 11.9 Å². The van der Waals surface area contributed by atoms with Crippen molar-refractivity contribution >= 4 is 28.8 Å². The lowest BCUT2D eigenvalue weighted by atomic mass is 10.1. The van der Waals surface area contributed by atoms with Gasteiger partial charge in [0.2, 0.25) is 0 Å². The van der Waals surface area contributed by atoms with Crippen LogP contribution >= 0.6 is 11.3 Å². The molecule has 0 aliphatic heterocycles. The number of anilines is 1. The van der Waals surface area contributed by atoms with Gasteiger partial charge in [0.05, 0.1) is 10.7 Å². The number of rotatable bonds is 5. The number of hydrogen-bond donors (Lipinski definition) is 2. The van der Waals surface area contributed by atoms with Crippen molar-refractivity contribution in [2.24, 2.45) is 5.92 Å². The maximum Gasteiger partial charge on any atom is 0.267 e. The first-order valence-corrected chi connectivity index (χ1v) is 8.73. The first-order valence-electron chi connectivity index (χ1n) is 7.92. The number of nitrogens with one attached hydrogen (secondary N) is 2. The highest BCUT2D eigenvalue weighted by Gasteiger charge is 2.16. The van der Waals surface area contributed by atoms with Gasteiger partial charge in [0.25, 0.3) is 11.8 Å². The van der Waals surface area contributed by atoms with Crippen molar-refractivity contribution in [3.05, 3.63) is 44.9 Å². The molecule has 0 atom stereocenters. The molecule has 0 saturated heterocycles. The predicted molar refractivity (Wildman–Crippen MR) is 97.9 cm³/mol. The summed E-state index contributed by atoms with van der Waals surface area (Å²) in [4.78, 5) is 29.5. The molecular formula is C18H23N3O2S. The van der Waals surface area contributed by atoms with E-state index in [2.05, 4.69) is 15.6 Å². The Balaban J connectivity index is 2.18. The molecule has 1 aromatic heterocycles. The average molecular weight is 345 g/mol. The number of hydrogen-bond acceptors (Lipinski definition) is 4. The molecular weight excluding hydrogens is 322 g/mol. The van der Waals surface area contributed by atoms with Crippen LogP contribution in [-0.4, -0.2) is 23.3 Å². The Labute approximate surface area is 146 Å². The maximum absolute atomic E-state index is 12.5. The first-order chi connectivity index (χ1) is 11.3. The van der Waals surface area contributed by atoms with Gasteiger partial charge in [-0.1, -0.05) is 19.9 Å². The lowest BCUT2D eigenvalue weighted by molar-refractivity contribution is 0.0947. The molecule has 1 heterocycles. The molecule has 2 rings (SSSR count). The summed E-state index contributed by atoms with van der Waals surface area (Å²) in [5.74, 6) is 0.0565. The van der Waals surface area contributed by atoms with Gasteiger partial charge in [0, 0.05) is 17.8 Å². The summed E-state index contributed by atoms with van der Waals surface area (Å²) < 4.78 is 0.